The van der Waals surface area contributed by atoms with Gasteiger partial charge in [0.2, 0.25) is 0 Å². The summed E-state index contributed by atoms with van der Waals surface area (Å²) in [5.41, 5.74) is 0.586. The van der Waals surface area contributed by atoms with Gasteiger partial charge in [-0.3, -0.25) is 0 Å². The molecule has 1 fully saturated rings. The third-order valence-corrected chi connectivity index (χ3v) is 4.89. The molecular weight excluding hydrogens is 355 g/mol. The highest BCUT2D eigenvalue weighted by Gasteiger charge is 2.37. The van der Waals surface area contributed by atoms with Crippen molar-refractivity contribution < 1.29 is 17.9 Å². The molecule has 6 nitrogen and oxygen atoms in total. The molecule has 0 radical (unpaired) electrons. The Bertz CT molecular complexity index is 893. The number of hydrogen-bond donors (Lipinski definition) is 0. The zero-order valence-corrected chi connectivity index (χ0v) is 14.0. The molecule has 10 heteroatoms. The maximum absolute atomic E-state index is 13.0. The predicted octanol–water partition coefficient (Wildman–Crippen LogP) is 3.09. The minimum absolute atomic E-state index is 0.0542. The lowest BCUT2D eigenvalue weighted by atomic mass is 10.2. The van der Waals surface area contributed by atoms with Crippen LogP contribution in [0.3, 0.4) is 0 Å². The molecule has 3 aromatic rings. The van der Waals surface area contributed by atoms with Crippen LogP contribution in [-0.4, -0.2) is 39.3 Å². The number of ether oxygens (including phenoxy) is 1. The van der Waals surface area contributed by atoms with E-state index in [1.807, 2.05) is 22.4 Å². The van der Waals surface area contributed by atoms with Crippen LogP contribution in [0.1, 0.15) is 22.5 Å². The lowest BCUT2D eigenvalue weighted by Gasteiger charge is -2.34. The van der Waals surface area contributed by atoms with Gasteiger partial charge in [0, 0.05) is 23.2 Å². The van der Waals surface area contributed by atoms with Gasteiger partial charge in [-0.1, -0.05) is 6.07 Å². The Kier molecular flexibility index (Phi) is 3.88. The molecule has 4 heterocycles. The summed E-state index contributed by atoms with van der Waals surface area (Å²) in [4.78, 5) is 10.6. The summed E-state index contributed by atoms with van der Waals surface area (Å²) in [5, 5.41) is 5.60. The molecule has 0 saturated carbocycles. The average molecular weight is 369 g/mol. The Morgan fingerprint density at radius 1 is 1.32 bits per heavy atom. The number of halogens is 3. The Labute approximate surface area is 144 Å². The van der Waals surface area contributed by atoms with Crippen molar-refractivity contribution in [3.8, 4) is 0 Å². The van der Waals surface area contributed by atoms with Crippen molar-refractivity contribution in [2.75, 3.05) is 24.6 Å². The number of aryl methyl sites for hydroxylation is 1. The van der Waals surface area contributed by atoms with E-state index in [2.05, 4.69) is 15.1 Å². The minimum atomic E-state index is -4.61. The molecule has 1 unspecified atom stereocenters. The van der Waals surface area contributed by atoms with Crippen molar-refractivity contribution in [3.05, 3.63) is 40.0 Å². The maximum atomic E-state index is 13.0. The second-order valence-corrected chi connectivity index (χ2v) is 6.70. The number of nitrogens with zero attached hydrogens (tertiary/aromatic N) is 5. The number of rotatable bonds is 2. The zero-order valence-electron chi connectivity index (χ0n) is 13.2. The molecule has 132 valence electrons. The van der Waals surface area contributed by atoms with Gasteiger partial charge in [0.15, 0.2) is 0 Å². The van der Waals surface area contributed by atoms with Crippen LogP contribution in [0, 0.1) is 6.92 Å². The lowest BCUT2D eigenvalue weighted by Crippen LogP contribution is -2.39. The highest BCUT2D eigenvalue weighted by atomic mass is 32.1. The zero-order chi connectivity index (χ0) is 17.6. The normalized spacial score (nSPS) is 18.9. The predicted molar refractivity (Wildman–Crippen MR) is 85.7 cm³/mol. The van der Waals surface area contributed by atoms with E-state index in [9.17, 15) is 13.2 Å². The first kappa shape index (κ1) is 16.3. The molecule has 1 aliphatic heterocycles. The number of anilines is 1. The fourth-order valence-corrected chi connectivity index (χ4v) is 3.58. The van der Waals surface area contributed by atoms with E-state index in [4.69, 9.17) is 4.74 Å². The van der Waals surface area contributed by atoms with Crippen LogP contribution < -0.4 is 4.90 Å². The standard InChI is InChI=1S/C15H14F3N5OS/c1-9-7-12(23-14(19-9)20-13(21-23)15(16,17)18)22-4-5-24-10(8-22)11-3-2-6-25-11/h2-3,6-7,10H,4-5,8H2,1H3. The van der Waals surface area contributed by atoms with Crippen LogP contribution in [-0.2, 0) is 10.9 Å². The summed E-state index contributed by atoms with van der Waals surface area (Å²) in [6.45, 7) is 3.29. The van der Waals surface area contributed by atoms with E-state index in [1.54, 1.807) is 24.3 Å². The quantitative estimate of drug-likeness (QED) is 0.695. The minimum Gasteiger partial charge on any atom is -0.369 e. The summed E-state index contributed by atoms with van der Waals surface area (Å²) < 4.78 is 45.8. The molecule has 0 amide bonds. The van der Waals surface area contributed by atoms with Crippen LogP contribution in [0.15, 0.2) is 23.6 Å². The Hall–Kier alpha value is -2.20. The maximum Gasteiger partial charge on any atom is 0.453 e. The van der Waals surface area contributed by atoms with Crippen molar-refractivity contribution >= 4 is 22.9 Å². The monoisotopic (exact) mass is 369 g/mol. The number of alkyl halides is 3. The molecule has 0 aromatic carbocycles. The summed E-state index contributed by atoms with van der Waals surface area (Å²) in [6.07, 6.45) is -4.73. The molecule has 3 aromatic heterocycles. The number of hydrogen-bond acceptors (Lipinski definition) is 6. The highest BCUT2D eigenvalue weighted by molar-refractivity contribution is 7.10. The van der Waals surface area contributed by atoms with Gasteiger partial charge in [-0.05, 0) is 18.4 Å². The van der Waals surface area contributed by atoms with Gasteiger partial charge in [-0.25, -0.2) is 4.98 Å². The van der Waals surface area contributed by atoms with Crippen molar-refractivity contribution in [1.82, 2.24) is 19.6 Å². The third-order valence-electron chi connectivity index (χ3n) is 3.93. The lowest BCUT2D eigenvalue weighted by molar-refractivity contribution is -0.144. The second-order valence-electron chi connectivity index (χ2n) is 5.72. The molecule has 1 saturated heterocycles. The molecular formula is C15H14F3N5OS. The molecule has 4 rings (SSSR count). The summed E-state index contributed by atoms with van der Waals surface area (Å²) in [5.74, 6) is -0.702. The molecule has 0 aliphatic carbocycles. The number of thiophene rings is 1. The largest absolute Gasteiger partial charge is 0.453 e. The van der Waals surface area contributed by atoms with Gasteiger partial charge in [-0.15, -0.1) is 16.4 Å². The SMILES string of the molecule is Cc1cc(N2CCOC(c3cccs3)C2)n2nc(C(F)(F)F)nc2n1. The van der Waals surface area contributed by atoms with E-state index >= 15 is 0 Å². The fourth-order valence-electron chi connectivity index (χ4n) is 2.82. The average Bonchev–Trinajstić information content (AvgIpc) is 3.23. The summed E-state index contributed by atoms with van der Waals surface area (Å²) >= 11 is 1.59. The number of morpholine rings is 1. The van der Waals surface area contributed by atoms with Gasteiger partial charge >= 0.3 is 6.18 Å². The Morgan fingerprint density at radius 3 is 2.88 bits per heavy atom. The van der Waals surface area contributed by atoms with E-state index in [-0.39, 0.29) is 11.9 Å². The molecule has 1 atom stereocenters. The molecule has 0 spiro atoms. The van der Waals surface area contributed by atoms with E-state index in [1.165, 1.54) is 0 Å². The topological polar surface area (TPSA) is 55.6 Å². The Morgan fingerprint density at radius 2 is 2.16 bits per heavy atom. The first-order valence-corrected chi connectivity index (χ1v) is 8.51. The van der Waals surface area contributed by atoms with Crippen molar-refractivity contribution in [2.24, 2.45) is 0 Å². The smallest absolute Gasteiger partial charge is 0.369 e. The van der Waals surface area contributed by atoms with E-state index < -0.39 is 12.0 Å². The highest BCUT2D eigenvalue weighted by Crippen LogP contribution is 2.31. The van der Waals surface area contributed by atoms with Crippen LogP contribution >= 0.6 is 11.3 Å². The van der Waals surface area contributed by atoms with Gasteiger partial charge < -0.3 is 9.64 Å². The van der Waals surface area contributed by atoms with Gasteiger partial charge in [0.25, 0.3) is 11.6 Å². The molecule has 25 heavy (non-hydrogen) atoms. The number of aromatic nitrogens is 4. The second kappa shape index (κ2) is 5.95. The fraction of sp³-hybridized carbons (Fsp3) is 0.400. The summed E-state index contributed by atoms with van der Waals surface area (Å²) in [7, 11) is 0. The van der Waals surface area contributed by atoms with Crippen LogP contribution in [0.25, 0.3) is 5.78 Å². The summed E-state index contributed by atoms with van der Waals surface area (Å²) in [6, 6.07) is 5.66. The van der Waals surface area contributed by atoms with Crippen LogP contribution in [0.2, 0.25) is 0 Å². The molecule has 1 aliphatic rings. The van der Waals surface area contributed by atoms with E-state index in [0.29, 0.717) is 31.2 Å². The van der Waals surface area contributed by atoms with Crippen molar-refractivity contribution in [3.63, 3.8) is 0 Å². The molecule has 0 bridgehead atoms. The third kappa shape index (κ3) is 3.07. The van der Waals surface area contributed by atoms with Crippen LogP contribution in [0.5, 0.6) is 0 Å². The molecule has 0 N–H and O–H groups in total. The van der Waals surface area contributed by atoms with E-state index in [0.717, 1.165) is 9.39 Å². The van der Waals surface area contributed by atoms with Crippen molar-refractivity contribution in [1.29, 1.82) is 0 Å². The van der Waals surface area contributed by atoms with Crippen LogP contribution in [0.4, 0.5) is 19.0 Å². The van der Waals surface area contributed by atoms with Crippen molar-refractivity contribution in [2.45, 2.75) is 19.2 Å². The first-order valence-electron chi connectivity index (χ1n) is 7.63. The Balaban J connectivity index is 1.73. The van der Waals surface area contributed by atoms with Gasteiger partial charge in [0.05, 0.1) is 13.2 Å². The van der Waals surface area contributed by atoms with Gasteiger partial charge in [-0.2, -0.15) is 22.7 Å². The number of fused-ring (bicyclic) bond motifs is 1. The first-order chi connectivity index (χ1) is 11.9. The van der Waals surface area contributed by atoms with Gasteiger partial charge in [0.1, 0.15) is 11.9 Å².